The van der Waals surface area contributed by atoms with E-state index in [0.29, 0.717) is 0 Å². The molecule has 2 aromatic carbocycles. The Morgan fingerprint density at radius 1 is 0.944 bits per heavy atom. The number of benzene rings is 2. The van der Waals surface area contributed by atoms with Crippen molar-refractivity contribution in [3.05, 3.63) is 64.4 Å². The molecule has 2 nitrogen and oxygen atoms in total. The molecule has 0 aliphatic carbocycles. The van der Waals surface area contributed by atoms with Gasteiger partial charge in [0.05, 0.1) is 11.0 Å². The van der Waals surface area contributed by atoms with Gasteiger partial charge in [-0.3, -0.25) is 0 Å². The Morgan fingerprint density at radius 2 is 1.72 bits per heavy atom. The second kappa shape index (κ2) is 4.78. The topological polar surface area (TPSA) is 28.7 Å². The summed E-state index contributed by atoms with van der Waals surface area (Å²) in [4.78, 5) is 7.77. The molecule has 0 atom stereocenters. The number of H-pyrrole nitrogens is 1. The van der Waals surface area contributed by atoms with E-state index in [1.54, 1.807) is 0 Å². The first-order valence-electron chi connectivity index (χ1n) is 5.70. The fraction of sp³-hybridized carbons (Fsp3) is 0. The molecule has 88 valence electrons. The molecule has 0 amide bonds. The Balaban J connectivity index is 1.95. The molecular formula is C15H11BrN2. The van der Waals surface area contributed by atoms with Crippen LogP contribution in [-0.4, -0.2) is 9.97 Å². The van der Waals surface area contributed by atoms with Gasteiger partial charge in [0.15, 0.2) is 0 Å². The minimum Gasteiger partial charge on any atom is -0.338 e. The van der Waals surface area contributed by atoms with Crippen molar-refractivity contribution >= 4 is 39.1 Å². The Bertz CT molecular complexity index is 680. The summed E-state index contributed by atoms with van der Waals surface area (Å²) in [5.74, 6) is 0.868. The quantitative estimate of drug-likeness (QED) is 0.741. The average molecular weight is 299 g/mol. The van der Waals surface area contributed by atoms with Crippen molar-refractivity contribution < 1.29 is 0 Å². The third kappa shape index (κ3) is 2.22. The maximum Gasteiger partial charge on any atom is 0.131 e. The molecule has 18 heavy (non-hydrogen) atoms. The molecule has 3 rings (SSSR count). The molecule has 0 radical (unpaired) electrons. The van der Waals surface area contributed by atoms with Gasteiger partial charge < -0.3 is 4.98 Å². The highest BCUT2D eigenvalue weighted by molar-refractivity contribution is 9.10. The van der Waals surface area contributed by atoms with Crippen LogP contribution in [0.2, 0.25) is 0 Å². The second-order valence-corrected chi connectivity index (χ2v) is 4.85. The molecular weight excluding hydrogens is 288 g/mol. The summed E-state index contributed by atoms with van der Waals surface area (Å²) >= 11 is 3.52. The van der Waals surface area contributed by atoms with E-state index in [0.717, 1.165) is 26.9 Å². The van der Waals surface area contributed by atoms with Gasteiger partial charge in [0.1, 0.15) is 5.82 Å². The summed E-state index contributed by atoms with van der Waals surface area (Å²) in [7, 11) is 0. The Morgan fingerprint density at radius 3 is 2.56 bits per heavy atom. The molecule has 0 bridgehead atoms. The third-order valence-corrected chi connectivity index (χ3v) is 3.46. The highest BCUT2D eigenvalue weighted by atomic mass is 79.9. The number of aromatic amines is 1. The first-order valence-corrected chi connectivity index (χ1v) is 6.49. The molecule has 3 heteroatoms. The van der Waals surface area contributed by atoms with E-state index in [1.165, 1.54) is 0 Å². The number of rotatable bonds is 2. The Hall–Kier alpha value is -1.87. The summed E-state index contributed by atoms with van der Waals surface area (Å²) in [5, 5.41) is 0. The monoisotopic (exact) mass is 298 g/mol. The summed E-state index contributed by atoms with van der Waals surface area (Å²) < 4.78 is 1.08. The zero-order valence-corrected chi connectivity index (χ0v) is 11.2. The zero-order valence-electron chi connectivity index (χ0n) is 9.60. The summed E-state index contributed by atoms with van der Waals surface area (Å²) in [6.07, 6.45) is 4.03. The first kappa shape index (κ1) is 11.2. The number of fused-ring (bicyclic) bond motifs is 1. The molecule has 0 aliphatic rings. The lowest BCUT2D eigenvalue weighted by Gasteiger charge is -1.95. The van der Waals surface area contributed by atoms with Crippen LogP contribution >= 0.6 is 15.9 Å². The number of nitrogens with zero attached hydrogens (tertiary/aromatic N) is 1. The molecule has 0 fully saturated rings. The predicted octanol–water partition coefficient (Wildman–Crippen LogP) is 4.50. The summed E-state index contributed by atoms with van der Waals surface area (Å²) in [5.41, 5.74) is 3.19. The molecule has 1 heterocycles. The summed E-state index contributed by atoms with van der Waals surface area (Å²) in [6, 6.07) is 16.1. The van der Waals surface area contributed by atoms with Crippen LogP contribution in [0.15, 0.2) is 53.0 Å². The van der Waals surface area contributed by atoms with Crippen molar-refractivity contribution in [3.8, 4) is 0 Å². The van der Waals surface area contributed by atoms with Crippen molar-refractivity contribution in [2.75, 3.05) is 0 Å². The van der Waals surface area contributed by atoms with Crippen molar-refractivity contribution in [3.63, 3.8) is 0 Å². The minimum absolute atomic E-state index is 0.868. The summed E-state index contributed by atoms with van der Waals surface area (Å²) in [6.45, 7) is 0. The highest BCUT2D eigenvalue weighted by Gasteiger charge is 1.98. The number of hydrogen-bond acceptors (Lipinski definition) is 1. The van der Waals surface area contributed by atoms with E-state index in [9.17, 15) is 0 Å². The lowest BCUT2D eigenvalue weighted by Crippen LogP contribution is -1.76. The number of imidazole rings is 1. The van der Waals surface area contributed by atoms with Crippen LogP contribution < -0.4 is 0 Å². The molecule has 1 aromatic heterocycles. The van der Waals surface area contributed by atoms with Crippen LogP contribution in [0, 0.1) is 0 Å². The molecule has 0 aliphatic heterocycles. The molecule has 0 unspecified atom stereocenters. The highest BCUT2D eigenvalue weighted by Crippen LogP contribution is 2.18. The Labute approximate surface area is 114 Å². The van der Waals surface area contributed by atoms with E-state index in [1.807, 2.05) is 54.6 Å². The van der Waals surface area contributed by atoms with Gasteiger partial charge in [-0.05, 0) is 29.8 Å². The molecule has 0 saturated carbocycles. The normalized spacial score (nSPS) is 11.4. The van der Waals surface area contributed by atoms with Crippen molar-refractivity contribution in [2.24, 2.45) is 0 Å². The molecule has 0 saturated heterocycles. The van der Waals surface area contributed by atoms with Crippen LogP contribution in [-0.2, 0) is 0 Å². The van der Waals surface area contributed by atoms with Crippen molar-refractivity contribution in [1.29, 1.82) is 0 Å². The van der Waals surface area contributed by atoms with Crippen molar-refractivity contribution in [1.82, 2.24) is 9.97 Å². The first-order chi connectivity index (χ1) is 8.83. The standard InChI is InChI=1S/C15H11BrN2/c16-12-6-2-1-5-11(12)9-10-15-17-13-7-3-4-8-14(13)18-15/h1-10H,(H,17,18)/b10-9+. The smallest absolute Gasteiger partial charge is 0.131 e. The lowest BCUT2D eigenvalue weighted by atomic mass is 10.2. The fourth-order valence-corrected chi connectivity index (χ4v) is 2.25. The van der Waals surface area contributed by atoms with Crippen molar-refractivity contribution in [2.45, 2.75) is 0 Å². The number of hydrogen-bond donors (Lipinski definition) is 1. The number of para-hydroxylation sites is 2. The van der Waals surface area contributed by atoms with Gasteiger partial charge in [0, 0.05) is 4.47 Å². The maximum atomic E-state index is 4.50. The van der Waals surface area contributed by atoms with Crippen LogP contribution in [0.1, 0.15) is 11.4 Å². The van der Waals surface area contributed by atoms with E-state index >= 15 is 0 Å². The predicted molar refractivity (Wildman–Crippen MR) is 79.2 cm³/mol. The van der Waals surface area contributed by atoms with Crippen LogP contribution in [0.25, 0.3) is 23.2 Å². The second-order valence-electron chi connectivity index (χ2n) is 3.99. The van der Waals surface area contributed by atoms with Crippen LogP contribution in [0.3, 0.4) is 0 Å². The maximum absolute atomic E-state index is 4.50. The van der Waals surface area contributed by atoms with E-state index in [4.69, 9.17) is 0 Å². The van der Waals surface area contributed by atoms with Gasteiger partial charge in [0.2, 0.25) is 0 Å². The number of nitrogens with one attached hydrogen (secondary N) is 1. The van der Waals surface area contributed by atoms with Crippen LogP contribution in [0.5, 0.6) is 0 Å². The minimum atomic E-state index is 0.868. The lowest BCUT2D eigenvalue weighted by molar-refractivity contribution is 1.29. The molecule has 1 N–H and O–H groups in total. The van der Waals surface area contributed by atoms with Gasteiger partial charge >= 0.3 is 0 Å². The van der Waals surface area contributed by atoms with Gasteiger partial charge in [-0.1, -0.05) is 52.3 Å². The fourth-order valence-electron chi connectivity index (χ4n) is 1.83. The zero-order chi connectivity index (χ0) is 12.4. The SMILES string of the molecule is Brc1ccccc1/C=C/c1nc2ccccc2[nH]1. The Kier molecular flexibility index (Phi) is 2.99. The van der Waals surface area contributed by atoms with Gasteiger partial charge in [-0.25, -0.2) is 4.98 Å². The molecule has 3 aromatic rings. The average Bonchev–Trinajstić information content (AvgIpc) is 2.80. The van der Waals surface area contributed by atoms with E-state index < -0.39 is 0 Å². The van der Waals surface area contributed by atoms with Gasteiger partial charge in [-0.15, -0.1) is 0 Å². The molecule has 0 spiro atoms. The third-order valence-electron chi connectivity index (χ3n) is 2.73. The van der Waals surface area contributed by atoms with E-state index in [2.05, 4.69) is 32.0 Å². The largest absolute Gasteiger partial charge is 0.338 e. The number of halogens is 1. The van der Waals surface area contributed by atoms with Gasteiger partial charge in [-0.2, -0.15) is 0 Å². The van der Waals surface area contributed by atoms with Crippen LogP contribution in [0.4, 0.5) is 0 Å². The van der Waals surface area contributed by atoms with E-state index in [-0.39, 0.29) is 0 Å². The number of aromatic nitrogens is 2. The van der Waals surface area contributed by atoms with Gasteiger partial charge in [0.25, 0.3) is 0 Å².